The van der Waals surface area contributed by atoms with E-state index in [0.717, 1.165) is 31.2 Å². The average Bonchev–Trinajstić information content (AvgIpc) is 2.93. The van der Waals surface area contributed by atoms with Crippen LogP contribution in [0.3, 0.4) is 0 Å². The lowest BCUT2D eigenvalue weighted by Crippen LogP contribution is -2.29. The van der Waals surface area contributed by atoms with Crippen LogP contribution in [0.4, 0.5) is 0 Å². The Balaban J connectivity index is 1.92. The summed E-state index contributed by atoms with van der Waals surface area (Å²) < 4.78 is 3.17. The Labute approximate surface area is 158 Å². The molecule has 1 aliphatic carbocycles. The first-order valence-electron chi connectivity index (χ1n) is 9.61. The molecule has 0 bridgehead atoms. The third-order valence-electron chi connectivity index (χ3n) is 5.31. The van der Waals surface area contributed by atoms with Gasteiger partial charge < -0.3 is 5.11 Å². The van der Waals surface area contributed by atoms with E-state index in [-0.39, 0.29) is 24.0 Å². The van der Waals surface area contributed by atoms with Crippen LogP contribution < -0.4 is 11.2 Å². The minimum atomic E-state index is -0.474. The van der Waals surface area contributed by atoms with Gasteiger partial charge in [-0.2, -0.15) is 0 Å². The van der Waals surface area contributed by atoms with E-state index < -0.39 is 5.91 Å². The fourth-order valence-corrected chi connectivity index (χ4v) is 3.91. The van der Waals surface area contributed by atoms with Crippen molar-refractivity contribution in [2.45, 2.75) is 64.0 Å². The number of benzene rings is 1. The molecule has 3 rings (SSSR count). The van der Waals surface area contributed by atoms with E-state index in [1.54, 1.807) is 14.6 Å². The van der Waals surface area contributed by atoms with Gasteiger partial charge in [0.1, 0.15) is 0 Å². The third-order valence-corrected chi connectivity index (χ3v) is 5.31. The molecular weight excluding hydrogens is 346 g/mol. The number of aromatic hydroxyl groups is 1. The van der Waals surface area contributed by atoms with E-state index in [0.29, 0.717) is 25.1 Å². The maximum absolute atomic E-state index is 13.1. The van der Waals surface area contributed by atoms with Crippen LogP contribution in [-0.2, 0) is 17.8 Å². The molecule has 7 heteroatoms. The summed E-state index contributed by atoms with van der Waals surface area (Å²) in [5.74, 6) is -0.453. The Kier molecular flexibility index (Phi) is 6.34. The number of nitrogens with one attached hydrogen (secondary N) is 1. The molecule has 1 fully saturated rings. The SMILES string of the molecule is O=C(CCCc1c(O)n(C2CCCCC2)c(=O)n1Cc1ccccc1)NO. The summed E-state index contributed by atoms with van der Waals surface area (Å²) in [6.45, 7) is 0.383. The highest BCUT2D eigenvalue weighted by atomic mass is 16.5. The average molecular weight is 373 g/mol. The monoisotopic (exact) mass is 373 g/mol. The van der Waals surface area contributed by atoms with Crippen LogP contribution in [0, 0.1) is 0 Å². The van der Waals surface area contributed by atoms with E-state index in [4.69, 9.17) is 5.21 Å². The number of rotatable bonds is 7. The minimum Gasteiger partial charge on any atom is -0.493 e. The Morgan fingerprint density at radius 3 is 2.52 bits per heavy atom. The number of hydroxylamine groups is 1. The van der Waals surface area contributed by atoms with Crippen molar-refractivity contribution in [1.29, 1.82) is 0 Å². The van der Waals surface area contributed by atoms with Crippen molar-refractivity contribution in [3.8, 4) is 5.88 Å². The van der Waals surface area contributed by atoms with Gasteiger partial charge in [0.2, 0.25) is 11.8 Å². The summed E-state index contributed by atoms with van der Waals surface area (Å²) in [5, 5.41) is 19.5. The quantitative estimate of drug-likeness (QED) is 0.514. The topological polar surface area (TPSA) is 96.5 Å². The Morgan fingerprint density at radius 1 is 1.15 bits per heavy atom. The van der Waals surface area contributed by atoms with Crippen LogP contribution in [0.2, 0.25) is 0 Å². The highest BCUT2D eigenvalue weighted by Gasteiger charge is 2.26. The van der Waals surface area contributed by atoms with Crippen LogP contribution in [0.15, 0.2) is 35.1 Å². The van der Waals surface area contributed by atoms with Crippen LogP contribution >= 0.6 is 0 Å². The lowest BCUT2D eigenvalue weighted by atomic mass is 9.95. The normalized spacial score (nSPS) is 15.0. The first-order chi connectivity index (χ1) is 13.1. The molecule has 1 heterocycles. The van der Waals surface area contributed by atoms with Crippen LogP contribution in [-0.4, -0.2) is 25.4 Å². The first kappa shape index (κ1) is 19.2. The van der Waals surface area contributed by atoms with Crippen molar-refractivity contribution in [3.05, 3.63) is 52.1 Å². The number of imidazole rings is 1. The number of amides is 1. The van der Waals surface area contributed by atoms with Crippen molar-refractivity contribution in [3.63, 3.8) is 0 Å². The summed E-state index contributed by atoms with van der Waals surface area (Å²) in [6.07, 6.45) is 6.04. The molecule has 0 atom stereocenters. The summed E-state index contributed by atoms with van der Waals surface area (Å²) in [7, 11) is 0. The molecule has 2 aromatic rings. The molecule has 0 aliphatic heterocycles. The van der Waals surface area contributed by atoms with Crippen molar-refractivity contribution in [2.24, 2.45) is 0 Å². The zero-order valence-corrected chi connectivity index (χ0v) is 15.4. The number of hydrogen-bond acceptors (Lipinski definition) is 4. The molecule has 146 valence electrons. The molecule has 0 saturated heterocycles. The van der Waals surface area contributed by atoms with Gasteiger partial charge in [-0.15, -0.1) is 0 Å². The molecule has 27 heavy (non-hydrogen) atoms. The van der Waals surface area contributed by atoms with E-state index in [1.807, 2.05) is 30.3 Å². The van der Waals surface area contributed by atoms with Gasteiger partial charge in [-0.3, -0.25) is 19.1 Å². The maximum atomic E-state index is 13.1. The van der Waals surface area contributed by atoms with Crippen molar-refractivity contribution >= 4 is 5.91 Å². The van der Waals surface area contributed by atoms with Gasteiger partial charge in [0.05, 0.1) is 12.2 Å². The summed E-state index contributed by atoms with van der Waals surface area (Å²) in [5.41, 5.74) is 2.96. The fraction of sp³-hybridized carbons (Fsp3) is 0.500. The lowest BCUT2D eigenvalue weighted by molar-refractivity contribution is -0.129. The number of aromatic nitrogens is 2. The third kappa shape index (κ3) is 4.42. The van der Waals surface area contributed by atoms with Gasteiger partial charge in [0.15, 0.2) is 0 Å². The molecule has 1 saturated carbocycles. The van der Waals surface area contributed by atoms with Crippen molar-refractivity contribution in [1.82, 2.24) is 14.6 Å². The van der Waals surface area contributed by atoms with E-state index in [1.165, 1.54) is 6.42 Å². The summed E-state index contributed by atoms with van der Waals surface area (Å²) >= 11 is 0. The number of carbonyl (C=O) groups is 1. The van der Waals surface area contributed by atoms with Gasteiger partial charge in [-0.05, 0) is 31.2 Å². The van der Waals surface area contributed by atoms with Crippen LogP contribution in [0.1, 0.15) is 62.2 Å². The predicted octanol–water partition coefficient (Wildman–Crippen LogP) is 2.74. The molecule has 3 N–H and O–H groups in total. The van der Waals surface area contributed by atoms with Gasteiger partial charge in [0.25, 0.3) is 0 Å². The second-order valence-corrected chi connectivity index (χ2v) is 7.17. The molecule has 0 unspecified atom stereocenters. The van der Waals surface area contributed by atoms with E-state index >= 15 is 0 Å². The lowest BCUT2D eigenvalue weighted by Gasteiger charge is -2.22. The second-order valence-electron chi connectivity index (χ2n) is 7.17. The largest absolute Gasteiger partial charge is 0.493 e. The number of hydrogen-bond donors (Lipinski definition) is 3. The highest BCUT2D eigenvalue weighted by molar-refractivity contribution is 5.74. The van der Waals surface area contributed by atoms with Crippen molar-refractivity contribution in [2.75, 3.05) is 0 Å². The molecule has 1 aromatic heterocycles. The second kappa shape index (κ2) is 8.90. The van der Waals surface area contributed by atoms with Gasteiger partial charge in [-0.25, -0.2) is 10.3 Å². The molecule has 0 radical (unpaired) electrons. The van der Waals surface area contributed by atoms with Crippen molar-refractivity contribution < 1.29 is 15.1 Å². The maximum Gasteiger partial charge on any atom is 0.331 e. The first-order valence-corrected chi connectivity index (χ1v) is 9.61. The fourth-order valence-electron chi connectivity index (χ4n) is 3.91. The smallest absolute Gasteiger partial charge is 0.331 e. The summed E-state index contributed by atoms with van der Waals surface area (Å²) in [6, 6.07) is 9.69. The van der Waals surface area contributed by atoms with E-state index in [9.17, 15) is 14.7 Å². The zero-order valence-electron chi connectivity index (χ0n) is 15.4. The Hall–Kier alpha value is -2.54. The van der Waals surface area contributed by atoms with Gasteiger partial charge in [-0.1, -0.05) is 49.6 Å². The zero-order chi connectivity index (χ0) is 19.2. The van der Waals surface area contributed by atoms with Gasteiger partial charge >= 0.3 is 5.69 Å². The molecule has 1 aromatic carbocycles. The molecule has 1 amide bonds. The number of nitrogens with zero attached hydrogens (tertiary/aromatic N) is 2. The molecule has 0 spiro atoms. The molecule has 7 nitrogen and oxygen atoms in total. The minimum absolute atomic E-state index is 0.0206. The van der Waals surface area contributed by atoms with Crippen LogP contribution in [0.25, 0.3) is 0 Å². The standard InChI is InChI=1S/C20H27N3O4/c24-18(21-27)13-7-12-17-19(25)23(16-10-5-2-6-11-16)20(26)22(17)14-15-8-3-1-4-9-15/h1,3-4,8-9,16,25,27H,2,5-7,10-14H2,(H,21,24). The van der Waals surface area contributed by atoms with E-state index in [2.05, 4.69) is 0 Å². The number of carbonyl (C=O) groups excluding carboxylic acids is 1. The predicted molar refractivity (Wildman–Crippen MR) is 101 cm³/mol. The van der Waals surface area contributed by atoms with Crippen LogP contribution in [0.5, 0.6) is 5.88 Å². The van der Waals surface area contributed by atoms with Gasteiger partial charge in [0, 0.05) is 12.5 Å². The molecule has 1 aliphatic rings. The Bertz CT molecular complexity index is 820. The highest BCUT2D eigenvalue weighted by Crippen LogP contribution is 2.32. The summed E-state index contributed by atoms with van der Waals surface area (Å²) in [4.78, 5) is 24.4. The Morgan fingerprint density at radius 2 is 1.85 bits per heavy atom. The molecular formula is C20H27N3O4.